The van der Waals surface area contributed by atoms with Crippen LogP contribution in [0.2, 0.25) is 0 Å². The number of nitrogens with zero attached hydrogens (tertiary/aromatic N) is 2. The van der Waals surface area contributed by atoms with Gasteiger partial charge in [-0.1, -0.05) is 6.07 Å². The minimum absolute atomic E-state index is 0.520. The molecule has 1 unspecified atom stereocenters. The minimum atomic E-state index is 0.520. The van der Waals surface area contributed by atoms with Crippen LogP contribution in [0.1, 0.15) is 25.3 Å². The molecule has 0 spiro atoms. The summed E-state index contributed by atoms with van der Waals surface area (Å²) in [6, 6.07) is 8.83. The summed E-state index contributed by atoms with van der Waals surface area (Å²) < 4.78 is 0. The molecule has 1 aliphatic rings. The second kappa shape index (κ2) is 6.83. The summed E-state index contributed by atoms with van der Waals surface area (Å²) in [5, 5.41) is 12.7. The Morgan fingerprint density at radius 1 is 1.42 bits per heavy atom. The number of nitrogens with one attached hydrogen (secondary N) is 1. The number of nitriles is 1. The Labute approximate surface area is 120 Å². The van der Waals surface area contributed by atoms with Crippen LogP contribution in [-0.4, -0.2) is 36.8 Å². The predicted octanol–water partition coefficient (Wildman–Crippen LogP) is 3.18. The minimum Gasteiger partial charge on any atom is -0.382 e. The van der Waals surface area contributed by atoms with E-state index in [1.807, 2.05) is 24.5 Å². The topological polar surface area (TPSA) is 39.1 Å². The van der Waals surface area contributed by atoms with E-state index in [2.05, 4.69) is 23.2 Å². The molecule has 1 saturated heterocycles. The first-order valence-corrected chi connectivity index (χ1v) is 8.03. The third-order valence-electron chi connectivity index (χ3n) is 3.71. The molecule has 0 saturated carbocycles. The number of rotatable bonds is 5. The zero-order valence-corrected chi connectivity index (χ0v) is 12.5. The number of thioether (sulfide) groups is 1. The Morgan fingerprint density at radius 2 is 2.16 bits per heavy atom. The number of benzene rings is 1. The van der Waals surface area contributed by atoms with Gasteiger partial charge in [0.1, 0.15) is 6.07 Å². The molecule has 1 N–H and O–H groups in total. The fraction of sp³-hybridized carbons (Fsp3) is 0.533. The summed E-state index contributed by atoms with van der Waals surface area (Å²) >= 11 is 1.62. The van der Waals surface area contributed by atoms with Crippen LogP contribution in [0.4, 0.5) is 5.69 Å². The maximum absolute atomic E-state index is 9.29. The highest BCUT2D eigenvalue weighted by Gasteiger charge is 2.18. The van der Waals surface area contributed by atoms with E-state index in [0.29, 0.717) is 6.04 Å². The van der Waals surface area contributed by atoms with Gasteiger partial charge in [0, 0.05) is 17.5 Å². The van der Waals surface area contributed by atoms with E-state index in [4.69, 9.17) is 0 Å². The first-order valence-electron chi connectivity index (χ1n) is 6.81. The van der Waals surface area contributed by atoms with Crippen LogP contribution < -0.4 is 5.32 Å². The molecule has 0 bridgehead atoms. The highest BCUT2D eigenvalue weighted by atomic mass is 32.2. The molecule has 1 aromatic rings. The number of hydrogen-bond acceptors (Lipinski definition) is 4. The van der Waals surface area contributed by atoms with Gasteiger partial charge in [-0.15, -0.1) is 11.8 Å². The van der Waals surface area contributed by atoms with Crippen molar-refractivity contribution in [2.45, 2.75) is 30.7 Å². The van der Waals surface area contributed by atoms with Crippen molar-refractivity contribution in [1.29, 1.82) is 5.26 Å². The molecule has 1 aliphatic heterocycles. The summed E-state index contributed by atoms with van der Waals surface area (Å²) in [6.45, 7) is 5.56. The van der Waals surface area contributed by atoms with E-state index in [0.717, 1.165) is 22.7 Å². The van der Waals surface area contributed by atoms with Gasteiger partial charge in [0.25, 0.3) is 0 Å². The lowest BCUT2D eigenvalue weighted by Crippen LogP contribution is -2.35. The molecule has 1 aromatic carbocycles. The molecule has 1 fully saturated rings. The van der Waals surface area contributed by atoms with Gasteiger partial charge < -0.3 is 5.32 Å². The fourth-order valence-electron chi connectivity index (χ4n) is 2.53. The first kappa shape index (κ1) is 14.2. The molecule has 0 aromatic heterocycles. The predicted molar refractivity (Wildman–Crippen MR) is 81.7 cm³/mol. The summed E-state index contributed by atoms with van der Waals surface area (Å²) in [5.41, 5.74) is 1.73. The van der Waals surface area contributed by atoms with E-state index in [1.165, 1.54) is 25.9 Å². The molecule has 19 heavy (non-hydrogen) atoms. The van der Waals surface area contributed by atoms with Crippen LogP contribution in [-0.2, 0) is 0 Å². The molecular formula is C15H21N3S. The van der Waals surface area contributed by atoms with Crippen molar-refractivity contribution in [3.63, 3.8) is 0 Å². The summed E-state index contributed by atoms with van der Waals surface area (Å²) in [6.07, 6.45) is 4.64. The fourth-order valence-corrected chi connectivity index (χ4v) is 3.11. The lowest BCUT2D eigenvalue weighted by atomic mass is 10.2. The van der Waals surface area contributed by atoms with Crippen LogP contribution in [0, 0.1) is 11.3 Å². The van der Waals surface area contributed by atoms with Gasteiger partial charge in [-0.3, -0.25) is 4.90 Å². The Balaban J connectivity index is 2.01. The highest BCUT2D eigenvalue weighted by Crippen LogP contribution is 2.26. The standard InChI is InChI=1S/C15H21N3S/c1-12(18-8-3-4-9-18)11-17-14-6-5-7-15(19-2)13(14)10-16/h5-7,12,17H,3-4,8-9,11H2,1-2H3. The Kier molecular flexibility index (Phi) is 5.12. The van der Waals surface area contributed by atoms with Crippen LogP contribution in [0.15, 0.2) is 23.1 Å². The van der Waals surface area contributed by atoms with E-state index in [1.54, 1.807) is 11.8 Å². The second-order valence-corrected chi connectivity index (χ2v) is 5.82. The van der Waals surface area contributed by atoms with Crippen LogP contribution >= 0.6 is 11.8 Å². The van der Waals surface area contributed by atoms with Crippen molar-refractivity contribution in [2.24, 2.45) is 0 Å². The van der Waals surface area contributed by atoms with Gasteiger partial charge >= 0.3 is 0 Å². The zero-order chi connectivity index (χ0) is 13.7. The Bertz CT molecular complexity index is 461. The van der Waals surface area contributed by atoms with Crippen molar-refractivity contribution in [1.82, 2.24) is 4.90 Å². The van der Waals surface area contributed by atoms with E-state index in [-0.39, 0.29) is 0 Å². The largest absolute Gasteiger partial charge is 0.382 e. The summed E-state index contributed by atoms with van der Waals surface area (Å²) in [7, 11) is 0. The summed E-state index contributed by atoms with van der Waals surface area (Å²) in [5.74, 6) is 0. The molecule has 0 amide bonds. The zero-order valence-electron chi connectivity index (χ0n) is 11.6. The Morgan fingerprint density at radius 3 is 2.79 bits per heavy atom. The highest BCUT2D eigenvalue weighted by molar-refractivity contribution is 7.98. The quantitative estimate of drug-likeness (QED) is 0.838. The molecule has 1 heterocycles. The summed E-state index contributed by atoms with van der Waals surface area (Å²) in [4.78, 5) is 3.55. The van der Waals surface area contributed by atoms with Gasteiger partial charge in [-0.25, -0.2) is 0 Å². The average Bonchev–Trinajstić information content (AvgIpc) is 2.98. The first-order chi connectivity index (χ1) is 9.26. The van der Waals surface area contributed by atoms with Gasteiger partial charge in [0.15, 0.2) is 0 Å². The monoisotopic (exact) mass is 275 g/mol. The second-order valence-electron chi connectivity index (χ2n) is 4.97. The van der Waals surface area contributed by atoms with Crippen molar-refractivity contribution in [2.75, 3.05) is 31.2 Å². The maximum atomic E-state index is 9.29. The molecule has 2 rings (SSSR count). The molecule has 0 aliphatic carbocycles. The molecule has 102 valence electrons. The normalized spacial score (nSPS) is 17.1. The van der Waals surface area contributed by atoms with Gasteiger partial charge in [0.05, 0.1) is 11.3 Å². The third-order valence-corrected chi connectivity index (χ3v) is 4.49. The third kappa shape index (κ3) is 3.43. The SMILES string of the molecule is CSc1cccc(NCC(C)N2CCCC2)c1C#N. The number of likely N-dealkylation sites (tertiary alicyclic amines) is 1. The van der Waals surface area contributed by atoms with Crippen LogP contribution in [0.5, 0.6) is 0 Å². The number of hydrogen-bond donors (Lipinski definition) is 1. The lowest BCUT2D eigenvalue weighted by molar-refractivity contribution is 0.269. The molecule has 1 atom stereocenters. The van der Waals surface area contributed by atoms with Gasteiger partial charge in [-0.2, -0.15) is 5.26 Å². The van der Waals surface area contributed by atoms with E-state index < -0.39 is 0 Å². The lowest BCUT2D eigenvalue weighted by Gasteiger charge is -2.24. The van der Waals surface area contributed by atoms with Crippen LogP contribution in [0.25, 0.3) is 0 Å². The van der Waals surface area contributed by atoms with E-state index in [9.17, 15) is 5.26 Å². The molecular weight excluding hydrogens is 254 g/mol. The van der Waals surface area contributed by atoms with Gasteiger partial charge in [0.2, 0.25) is 0 Å². The molecule has 0 radical (unpaired) electrons. The van der Waals surface area contributed by atoms with Crippen LogP contribution in [0.3, 0.4) is 0 Å². The molecule has 3 nitrogen and oxygen atoms in total. The van der Waals surface area contributed by atoms with Crippen molar-refractivity contribution in [3.8, 4) is 6.07 Å². The van der Waals surface area contributed by atoms with E-state index >= 15 is 0 Å². The maximum Gasteiger partial charge on any atom is 0.102 e. The van der Waals surface area contributed by atoms with Crippen molar-refractivity contribution >= 4 is 17.4 Å². The Hall–Kier alpha value is -1.18. The van der Waals surface area contributed by atoms with Crippen molar-refractivity contribution < 1.29 is 0 Å². The number of anilines is 1. The smallest absolute Gasteiger partial charge is 0.102 e. The van der Waals surface area contributed by atoms with Gasteiger partial charge in [-0.05, 0) is 51.2 Å². The molecule has 4 heteroatoms. The van der Waals surface area contributed by atoms with Crippen molar-refractivity contribution in [3.05, 3.63) is 23.8 Å². The average molecular weight is 275 g/mol.